The summed E-state index contributed by atoms with van der Waals surface area (Å²) >= 11 is 0. The number of fused-ring (bicyclic) bond motifs is 12. The Hall–Kier alpha value is -2.36. The molecule has 0 aromatic carbocycles. The average Bonchev–Trinajstić information content (AvgIpc) is 3.95. The molecular formula is C38H53NO13. The van der Waals surface area contributed by atoms with Crippen molar-refractivity contribution in [1.82, 2.24) is 5.32 Å². The molecule has 9 rings (SSSR count). The third-order valence-electron chi connectivity index (χ3n) is 16.6. The van der Waals surface area contributed by atoms with E-state index in [-0.39, 0.29) is 29.8 Å². The Morgan fingerprint density at radius 2 is 1.62 bits per heavy atom. The molecule has 0 radical (unpaired) electrons. The minimum absolute atomic E-state index is 0.0417. The predicted molar refractivity (Wildman–Crippen MR) is 175 cm³/mol. The lowest BCUT2D eigenvalue weighted by atomic mass is 9.40. The van der Waals surface area contributed by atoms with E-state index >= 15 is 0 Å². The fourth-order valence-electron chi connectivity index (χ4n) is 14.3. The van der Waals surface area contributed by atoms with Crippen molar-refractivity contribution in [3.8, 4) is 0 Å². The Labute approximate surface area is 302 Å². The van der Waals surface area contributed by atoms with Gasteiger partial charge in [0.15, 0.2) is 5.60 Å². The summed E-state index contributed by atoms with van der Waals surface area (Å²) in [5, 5.41) is 41.3. The highest BCUT2D eigenvalue weighted by atomic mass is 16.8. The standard InChI is InChI=1S/C38H53NO13/c1-12(2)16-11-39-24-17-10-18-26(49-18)29(43)34(17,6)22-19(27(24)50-32(16)44)21-25(42)23-20(35(21,7)31(48-15(5)41)28(22)47-14(4)40)13(3)30-38(51-30)36(23,8)37(9,46)33(45)52-38/h12-13,16-31,39,42-43,46H,10-11H2,1-9H3/t13-,16?,17+,18-,19?,20-,21+,22?,23-,24-,25+,26-,27+,28-,29-,30+,31-,34-,35+,36-,37+,38-/m0/s1. The first kappa shape index (κ1) is 35.3. The second-order valence-electron chi connectivity index (χ2n) is 18.8. The molecule has 3 unspecified atom stereocenters. The van der Waals surface area contributed by atoms with Crippen molar-refractivity contribution in [2.75, 3.05) is 6.54 Å². The maximum absolute atomic E-state index is 14.1. The van der Waals surface area contributed by atoms with E-state index in [2.05, 4.69) is 5.32 Å². The molecule has 288 valence electrons. The summed E-state index contributed by atoms with van der Waals surface area (Å²) in [5.74, 6) is -8.89. The summed E-state index contributed by atoms with van der Waals surface area (Å²) in [7, 11) is 0. The van der Waals surface area contributed by atoms with Crippen LogP contribution in [0.4, 0.5) is 0 Å². The van der Waals surface area contributed by atoms with Gasteiger partial charge in [0.25, 0.3) is 0 Å². The van der Waals surface area contributed by atoms with Crippen LogP contribution in [-0.4, -0.2) is 112 Å². The van der Waals surface area contributed by atoms with E-state index in [4.69, 9.17) is 28.4 Å². The van der Waals surface area contributed by atoms with Gasteiger partial charge in [0.2, 0.25) is 5.79 Å². The Kier molecular flexibility index (Phi) is 7.12. The Bertz CT molecular complexity index is 1630. The Morgan fingerprint density at radius 3 is 2.25 bits per heavy atom. The summed E-state index contributed by atoms with van der Waals surface area (Å²) in [6, 6.07) is -0.461. The molecule has 4 aliphatic heterocycles. The number of aliphatic hydroxyl groups is 3. The summed E-state index contributed by atoms with van der Waals surface area (Å²) in [6.45, 7) is 15.8. The average molecular weight is 732 g/mol. The van der Waals surface area contributed by atoms with Crippen molar-refractivity contribution in [3.05, 3.63) is 0 Å². The first-order chi connectivity index (χ1) is 24.2. The van der Waals surface area contributed by atoms with Crippen molar-refractivity contribution in [2.45, 2.75) is 135 Å². The molecule has 0 bridgehead atoms. The molecule has 22 atom stereocenters. The number of carbonyl (C=O) groups is 4. The zero-order chi connectivity index (χ0) is 37.6. The molecule has 0 aromatic rings. The fourth-order valence-corrected chi connectivity index (χ4v) is 14.3. The van der Waals surface area contributed by atoms with Gasteiger partial charge >= 0.3 is 23.9 Å². The van der Waals surface area contributed by atoms with Crippen LogP contribution in [0.2, 0.25) is 0 Å². The first-order valence-electron chi connectivity index (χ1n) is 19.1. The summed E-state index contributed by atoms with van der Waals surface area (Å²) < 4.78 is 37.5. The third-order valence-corrected chi connectivity index (χ3v) is 16.6. The summed E-state index contributed by atoms with van der Waals surface area (Å²) in [5.41, 5.74) is -5.74. The monoisotopic (exact) mass is 731 g/mol. The molecule has 52 heavy (non-hydrogen) atoms. The minimum atomic E-state index is -2.06. The van der Waals surface area contributed by atoms with Crippen LogP contribution < -0.4 is 5.32 Å². The van der Waals surface area contributed by atoms with Gasteiger partial charge in [-0.15, -0.1) is 0 Å². The lowest BCUT2D eigenvalue weighted by molar-refractivity contribution is -0.286. The van der Waals surface area contributed by atoms with Crippen molar-refractivity contribution in [1.29, 1.82) is 0 Å². The number of epoxide rings is 2. The SMILES string of the molecule is CC(=O)O[C@H]1C2C([C@H]3OC(=O)C(C(C)C)CN[C@H]3[C@H]3C[C@@H]4O[C@@H]4[C@H](O)[C@]23C)[C@@H]2[C@@H](O)[C@@H]3[C@H]([C@H](C)[C@H]4O[C@]45OC(=O)[C@@](C)(O)[C@]35C)[C@@]2(C)[C@H]1OC(C)=O. The van der Waals surface area contributed by atoms with Crippen LogP contribution in [0.3, 0.4) is 0 Å². The molecule has 0 aromatic heterocycles. The van der Waals surface area contributed by atoms with E-state index in [0.29, 0.717) is 13.0 Å². The van der Waals surface area contributed by atoms with E-state index in [1.807, 2.05) is 34.6 Å². The van der Waals surface area contributed by atoms with Gasteiger partial charge in [-0.25, -0.2) is 4.79 Å². The van der Waals surface area contributed by atoms with Crippen molar-refractivity contribution in [3.63, 3.8) is 0 Å². The van der Waals surface area contributed by atoms with Crippen LogP contribution >= 0.6 is 0 Å². The van der Waals surface area contributed by atoms with Crippen LogP contribution in [0.1, 0.15) is 68.7 Å². The van der Waals surface area contributed by atoms with Crippen LogP contribution in [0, 0.1) is 69.5 Å². The van der Waals surface area contributed by atoms with Gasteiger partial charge in [0.05, 0.1) is 29.6 Å². The maximum Gasteiger partial charge on any atom is 0.341 e. The fraction of sp³-hybridized carbons (Fsp3) is 0.895. The number of ether oxygens (including phenoxy) is 6. The third kappa shape index (κ3) is 3.82. The zero-order valence-electron chi connectivity index (χ0n) is 31.2. The molecule has 14 heteroatoms. The maximum atomic E-state index is 14.1. The molecule has 9 aliphatic rings. The number of esters is 4. The van der Waals surface area contributed by atoms with E-state index in [1.165, 1.54) is 20.8 Å². The lowest BCUT2D eigenvalue weighted by Crippen LogP contribution is -2.76. The van der Waals surface area contributed by atoms with Gasteiger partial charge < -0.3 is 49.1 Å². The Balaban J connectivity index is 1.30. The molecule has 1 spiro atoms. The topological polar surface area (TPSA) is 203 Å². The molecule has 5 aliphatic carbocycles. The molecule has 4 heterocycles. The molecule has 4 N–H and O–H groups in total. The molecule has 14 nitrogen and oxygen atoms in total. The number of rotatable bonds is 3. The van der Waals surface area contributed by atoms with Gasteiger partial charge in [0.1, 0.15) is 30.5 Å². The second-order valence-corrected chi connectivity index (χ2v) is 18.8. The van der Waals surface area contributed by atoms with Crippen molar-refractivity contribution >= 4 is 23.9 Å². The molecular weight excluding hydrogens is 678 g/mol. The first-order valence-corrected chi connectivity index (χ1v) is 19.1. The van der Waals surface area contributed by atoms with Crippen molar-refractivity contribution in [2.24, 2.45) is 69.5 Å². The molecule has 9 fully saturated rings. The normalized spacial score (nSPS) is 60.4. The number of hydrogen-bond acceptors (Lipinski definition) is 14. The van der Waals surface area contributed by atoms with Crippen LogP contribution in [0.5, 0.6) is 0 Å². The largest absolute Gasteiger partial charge is 0.460 e. The van der Waals surface area contributed by atoms with Crippen LogP contribution in [0.15, 0.2) is 0 Å². The van der Waals surface area contributed by atoms with Gasteiger partial charge in [0, 0.05) is 60.9 Å². The molecule has 4 saturated heterocycles. The summed E-state index contributed by atoms with van der Waals surface area (Å²) in [4.78, 5) is 54.0. The molecule has 0 amide bonds. The highest BCUT2D eigenvalue weighted by Crippen LogP contribution is 2.81. The minimum Gasteiger partial charge on any atom is -0.460 e. The van der Waals surface area contributed by atoms with Crippen LogP contribution in [-0.2, 0) is 47.6 Å². The second kappa shape index (κ2) is 10.5. The van der Waals surface area contributed by atoms with E-state index < -0.39 is 130 Å². The lowest BCUT2D eigenvalue weighted by Gasteiger charge is -2.67. The van der Waals surface area contributed by atoms with Crippen LogP contribution in [0.25, 0.3) is 0 Å². The quantitative estimate of drug-likeness (QED) is 0.180. The molecule has 5 saturated carbocycles. The number of carbonyl (C=O) groups excluding carboxylic acids is 4. The predicted octanol–water partition coefficient (Wildman–Crippen LogP) is 0.708. The van der Waals surface area contributed by atoms with Gasteiger partial charge in [-0.3, -0.25) is 14.4 Å². The van der Waals surface area contributed by atoms with Gasteiger partial charge in [-0.2, -0.15) is 0 Å². The van der Waals surface area contributed by atoms with Crippen molar-refractivity contribution < 1.29 is 62.9 Å². The highest BCUT2D eigenvalue weighted by molar-refractivity contribution is 5.84. The number of nitrogens with one attached hydrogen (secondary N) is 1. The van der Waals surface area contributed by atoms with E-state index in [9.17, 15) is 34.5 Å². The smallest absolute Gasteiger partial charge is 0.341 e. The number of hydrogen-bond donors (Lipinski definition) is 4. The number of aliphatic hydroxyl groups excluding tert-OH is 2. The van der Waals surface area contributed by atoms with Gasteiger partial charge in [-0.05, 0) is 43.9 Å². The highest BCUT2D eigenvalue weighted by Gasteiger charge is 2.93. The van der Waals surface area contributed by atoms with Gasteiger partial charge in [-0.1, -0.05) is 34.6 Å². The van der Waals surface area contributed by atoms with E-state index in [1.54, 1.807) is 6.92 Å². The van der Waals surface area contributed by atoms with E-state index in [0.717, 1.165) is 0 Å². The summed E-state index contributed by atoms with van der Waals surface area (Å²) in [6.07, 6.45) is -6.13. The Morgan fingerprint density at radius 1 is 0.942 bits per heavy atom. The zero-order valence-corrected chi connectivity index (χ0v) is 31.2.